The van der Waals surface area contributed by atoms with Crippen LogP contribution >= 0.6 is 0 Å². The highest BCUT2D eigenvalue weighted by Crippen LogP contribution is 2.32. The second kappa shape index (κ2) is 8.24. The van der Waals surface area contributed by atoms with Crippen molar-refractivity contribution in [2.24, 2.45) is 5.41 Å². The molecule has 1 aliphatic heterocycles. The molecule has 0 atom stereocenters. The molecule has 0 radical (unpaired) electrons. The first-order chi connectivity index (χ1) is 13.9. The van der Waals surface area contributed by atoms with Crippen molar-refractivity contribution in [2.45, 2.75) is 59.7 Å². The number of pyridine rings is 2. The summed E-state index contributed by atoms with van der Waals surface area (Å²) in [5, 5.41) is 2.92. The van der Waals surface area contributed by atoms with E-state index in [4.69, 9.17) is 0 Å². The molecule has 3 heterocycles. The lowest BCUT2D eigenvalue weighted by Crippen LogP contribution is -2.30. The van der Waals surface area contributed by atoms with Crippen LogP contribution in [-0.2, 0) is 23.9 Å². The predicted octanol–water partition coefficient (Wildman–Crippen LogP) is 5.13. The van der Waals surface area contributed by atoms with Crippen molar-refractivity contribution in [2.75, 3.05) is 16.8 Å². The Balaban J connectivity index is 1.77. The topological polar surface area (TPSA) is 58.1 Å². The van der Waals surface area contributed by atoms with Gasteiger partial charge in [-0.25, -0.2) is 4.98 Å². The number of carbonyl (C=O) groups excluding carboxylic acids is 1. The van der Waals surface area contributed by atoms with Crippen molar-refractivity contribution in [3.8, 4) is 0 Å². The molecule has 30 heavy (non-hydrogen) atoms. The van der Waals surface area contributed by atoms with Gasteiger partial charge in [0.15, 0.2) is 0 Å². The monoisotopic (exact) mass is 420 g/mol. The highest BCUT2D eigenvalue weighted by atomic mass is 19.4. The first-order valence-corrected chi connectivity index (χ1v) is 10.00. The van der Waals surface area contributed by atoms with E-state index in [1.165, 1.54) is 12.3 Å². The molecule has 0 spiro atoms. The van der Waals surface area contributed by atoms with Gasteiger partial charge in [0, 0.05) is 25.7 Å². The summed E-state index contributed by atoms with van der Waals surface area (Å²) >= 11 is 0. The maximum atomic E-state index is 12.7. The maximum Gasteiger partial charge on any atom is 0.433 e. The van der Waals surface area contributed by atoms with E-state index < -0.39 is 11.9 Å². The Morgan fingerprint density at radius 1 is 1.23 bits per heavy atom. The molecule has 0 bridgehead atoms. The number of anilines is 2. The number of halogens is 3. The summed E-state index contributed by atoms with van der Waals surface area (Å²) in [6.45, 7) is 9.15. The number of alkyl halides is 3. The van der Waals surface area contributed by atoms with Gasteiger partial charge in [-0.15, -0.1) is 0 Å². The Kier molecular flexibility index (Phi) is 6.06. The number of rotatable bonds is 4. The number of nitrogens with zero attached hydrogens (tertiary/aromatic N) is 3. The summed E-state index contributed by atoms with van der Waals surface area (Å²) < 4.78 is 38.2. The largest absolute Gasteiger partial charge is 0.433 e. The van der Waals surface area contributed by atoms with Gasteiger partial charge in [-0.1, -0.05) is 26.8 Å². The van der Waals surface area contributed by atoms with Crippen molar-refractivity contribution >= 4 is 17.4 Å². The van der Waals surface area contributed by atoms with Crippen LogP contribution in [0.3, 0.4) is 0 Å². The van der Waals surface area contributed by atoms with Gasteiger partial charge in [0.25, 0.3) is 0 Å². The number of nitrogens with one attached hydrogen (secondary N) is 1. The van der Waals surface area contributed by atoms with Crippen molar-refractivity contribution in [3.05, 3.63) is 46.9 Å². The molecule has 0 unspecified atom stereocenters. The lowest BCUT2D eigenvalue weighted by Gasteiger charge is -2.31. The fraction of sp³-hybridized carbons (Fsp3) is 0.500. The smallest absolute Gasteiger partial charge is 0.366 e. The molecule has 0 aromatic carbocycles. The van der Waals surface area contributed by atoms with Crippen LogP contribution in [0.25, 0.3) is 0 Å². The van der Waals surface area contributed by atoms with E-state index in [1.807, 2.05) is 33.8 Å². The number of hydrogen-bond donors (Lipinski definition) is 1. The van der Waals surface area contributed by atoms with Crippen molar-refractivity contribution in [1.82, 2.24) is 9.97 Å². The number of fused-ring (bicyclic) bond motifs is 1. The van der Waals surface area contributed by atoms with E-state index in [-0.39, 0.29) is 11.3 Å². The number of carbonyl (C=O) groups is 1. The zero-order valence-corrected chi connectivity index (χ0v) is 17.7. The predicted molar refractivity (Wildman–Crippen MR) is 110 cm³/mol. The Hall–Kier alpha value is -2.64. The molecular weight excluding hydrogens is 393 g/mol. The molecule has 8 heteroatoms. The van der Waals surface area contributed by atoms with Gasteiger partial charge in [-0.05, 0) is 48.4 Å². The van der Waals surface area contributed by atoms with E-state index in [2.05, 4.69) is 20.2 Å². The van der Waals surface area contributed by atoms with Gasteiger partial charge >= 0.3 is 6.18 Å². The van der Waals surface area contributed by atoms with Crippen LogP contribution in [0.5, 0.6) is 0 Å². The van der Waals surface area contributed by atoms with E-state index >= 15 is 0 Å². The zero-order chi connectivity index (χ0) is 22.1. The van der Waals surface area contributed by atoms with Gasteiger partial charge < -0.3 is 10.2 Å². The molecule has 162 valence electrons. The van der Waals surface area contributed by atoms with Crippen molar-refractivity contribution in [3.63, 3.8) is 0 Å². The van der Waals surface area contributed by atoms with Gasteiger partial charge in [-0.2, -0.15) is 13.2 Å². The Morgan fingerprint density at radius 3 is 2.57 bits per heavy atom. The van der Waals surface area contributed by atoms with Gasteiger partial charge in [0.2, 0.25) is 5.91 Å². The first kappa shape index (κ1) is 22.1. The first-order valence-electron chi connectivity index (χ1n) is 10.00. The van der Waals surface area contributed by atoms with Gasteiger partial charge in [0.05, 0.1) is 11.4 Å². The third kappa shape index (κ3) is 5.49. The molecule has 1 aliphatic rings. The number of aromatic nitrogens is 2. The highest BCUT2D eigenvalue weighted by molar-refractivity contribution is 5.91. The molecule has 1 amide bonds. The average Bonchev–Trinajstić information content (AvgIpc) is 2.61. The molecule has 2 aromatic heterocycles. The fourth-order valence-electron chi connectivity index (χ4n) is 3.51. The summed E-state index contributed by atoms with van der Waals surface area (Å²) in [5.41, 5.74) is 2.40. The minimum absolute atomic E-state index is 0.0680. The lowest BCUT2D eigenvalue weighted by molar-refractivity contribution is -0.141. The summed E-state index contributed by atoms with van der Waals surface area (Å²) in [5.74, 6) is 0.502. The summed E-state index contributed by atoms with van der Waals surface area (Å²) in [7, 11) is 0. The van der Waals surface area contributed by atoms with E-state index in [0.717, 1.165) is 42.4 Å². The number of hydrogen-bond acceptors (Lipinski definition) is 4. The van der Waals surface area contributed by atoms with Crippen LogP contribution < -0.4 is 10.2 Å². The molecule has 5 nitrogen and oxygen atoms in total. The Bertz CT molecular complexity index is 918. The third-order valence-corrected chi connectivity index (χ3v) is 4.89. The summed E-state index contributed by atoms with van der Waals surface area (Å²) in [6, 6.07) is 4.47. The van der Waals surface area contributed by atoms with Crippen LogP contribution in [-0.4, -0.2) is 22.4 Å². The maximum absolute atomic E-state index is 12.7. The van der Waals surface area contributed by atoms with Crippen molar-refractivity contribution < 1.29 is 18.0 Å². The molecule has 0 saturated heterocycles. The average molecular weight is 420 g/mol. The minimum Gasteiger partial charge on any atom is -0.366 e. The second-order valence-electron chi connectivity index (χ2n) is 8.98. The van der Waals surface area contributed by atoms with Crippen LogP contribution in [0.2, 0.25) is 0 Å². The standard InChI is InChI=1S/C22H27F3N4O/c1-14-10-17-16(27-20(14)28-19(30)11-21(2,3)4)6-5-9-29(17)13-15-7-8-18(26-12-15)22(23,24)25/h7-8,10,12H,5-6,9,11,13H2,1-4H3,(H,27,28,30). The van der Waals surface area contributed by atoms with Gasteiger partial charge in [-0.3, -0.25) is 9.78 Å². The molecule has 3 rings (SSSR count). The molecule has 0 aliphatic carbocycles. The number of amides is 1. The third-order valence-electron chi connectivity index (χ3n) is 4.89. The van der Waals surface area contributed by atoms with Crippen LogP contribution in [0.1, 0.15) is 56.1 Å². The molecule has 0 fully saturated rings. The van der Waals surface area contributed by atoms with Crippen molar-refractivity contribution in [1.29, 1.82) is 0 Å². The minimum atomic E-state index is -4.44. The quantitative estimate of drug-likeness (QED) is 0.745. The lowest BCUT2D eigenvalue weighted by atomic mass is 9.92. The summed E-state index contributed by atoms with van der Waals surface area (Å²) in [4.78, 5) is 22.6. The van der Waals surface area contributed by atoms with E-state index in [9.17, 15) is 18.0 Å². The number of aryl methyl sites for hydroxylation is 2. The van der Waals surface area contributed by atoms with Crippen LogP contribution in [0, 0.1) is 12.3 Å². The molecule has 0 saturated carbocycles. The van der Waals surface area contributed by atoms with Crippen LogP contribution in [0.4, 0.5) is 24.7 Å². The van der Waals surface area contributed by atoms with Crippen LogP contribution in [0.15, 0.2) is 24.4 Å². The highest BCUT2D eigenvalue weighted by Gasteiger charge is 2.32. The Labute approximate surface area is 174 Å². The summed E-state index contributed by atoms with van der Waals surface area (Å²) in [6.07, 6.45) is -1.09. The van der Waals surface area contributed by atoms with Gasteiger partial charge in [0.1, 0.15) is 11.5 Å². The van der Waals surface area contributed by atoms with E-state index in [1.54, 1.807) is 0 Å². The second-order valence-corrected chi connectivity index (χ2v) is 8.98. The zero-order valence-electron chi connectivity index (χ0n) is 17.7. The fourth-order valence-corrected chi connectivity index (χ4v) is 3.51. The SMILES string of the molecule is Cc1cc2c(nc1NC(=O)CC(C)(C)C)CCCN2Cc1ccc(C(F)(F)F)nc1. The van der Waals surface area contributed by atoms with E-state index in [0.29, 0.717) is 24.3 Å². The Morgan fingerprint density at radius 2 is 1.97 bits per heavy atom. The molecule has 1 N–H and O–H groups in total. The molecular formula is C22H27F3N4O. The normalized spacial score (nSPS) is 14.4. The molecule has 2 aromatic rings.